The highest BCUT2D eigenvalue weighted by molar-refractivity contribution is 6.09. The van der Waals surface area contributed by atoms with Crippen LogP contribution < -0.4 is 4.90 Å². The van der Waals surface area contributed by atoms with Crippen molar-refractivity contribution in [3.63, 3.8) is 0 Å². The van der Waals surface area contributed by atoms with Gasteiger partial charge in [-0.1, -0.05) is 172 Å². The Bertz CT molecular complexity index is 3140. The third-order valence-corrected chi connectivity index (χ3v) is 13.5. The molecule has 2 heteroatoms. The maximum atomic E-state index is 4.52. The van der Waals surface area contributed by atoms with E-state index in [1.165, 1.54) is 77.5 Å². The largest absolute Gasteiger partial charge is 0.311 e. The average Bonchev–Trinajstić information content (AvgIpc) is 3.88. The van der Waals surface area contributed by atoms with E-state index in [9.17, 15) is 0 Å². The molecular formula is C59H46N2. The lowest BCUT2D eigenvalue weighted by Crippen LogP contribution is -2.29. The number of hydrogen-bond acceptors (Lipinski definition) is 1. The molecule has 61 heavy (non-hydrogen) atoms. The van der Waals surface area contributed by atoms with Crippen molar-refractivity contribution in [3.05, 3.63) is 264 Å². The van der Waals surface area contributed by atoms with Crippen LogP contribution in [0.4, 0.5) is 11.4 Å². The molecule has 0 spiro atoms. The summed E-state index contributed by atoms with van der Waals surface area (Å²) in [5.41, 5.74) is 18.8. The smallest absolute Gasteiger partial charge is 0.0714 e. The molecule has 0 aliphatic heterocycles. The molecule has 292 valence electrons. The summed E-state index contributed by atoms with van der Waals surface area (Å²) >= 11 is 0. The first-order chi connectivity index (χ1) is 29.9. The summed E-state index contributed by atoms with van der Waals surface area (Å²) in [6.45, 7) is 11.5. The van der Waals surface area contributed by atoms with E-state index in [1.54, 1.807) is 0 Å². The van der Waals surface area contributed by atoms with Crippen LogP contribution in [0.25, 0.3) is 44.2 Å². The SMILES string of the molecule is C=C/C(=C\C1=C(C)c2ccccc2C1(C)C)N(c1ccc(-n2c3ccccc3c3ccccc32)cc1)c1ccc2c(c1)C(c1ccccc1)(c1ccccc1)c1ccccc1-2. The Morgan fingerprint density at radius 2 is 1.02 bits per heavy atom. The summed E-state index contributed by atoms with van der Waals surface area (Å²) in [7, 11) is 0. The molecule has 0 N–H and O–H groups in total. The molecule has 0 atom stereocenters. The normalized spacial score (nSPS) is 14.8. The summed E-state index contributed by atoms with van der Waals surface area (Å²) < 4.78 is 2.39. The Morgan fingerprint density at radius 1 is 0.508 bits per heavy atom. The minimum atomic E-state index is -0.525. The van der Waals surface area contributed by atoms with Crippen LogP contribution in [0.15, 0.2) is 230 Å². The molecule has 1 heterocycles. The molecule has 1 aromatic heterocycles. The van der Waals surface area contributed by atoms with Crippen molar-refractivity contribution in [1.29, 1.82) is 0 Å². The molecule has 0 saturated carbocycles. The van der Waals surface area contributed by atoms with Crippen molar-refractivity contribution >= 4 is 38.8 Å². The van der Waals surface area contributed by atoms with Gasteiger partial charge in [-0.25, -0.2) is 0 Å². The zero-order valence-electron chi connectivity index (χ0n) is 34.8. The summed E-state index contributed by atoms with van der Waals surface area (Å²) in [4.78, 5) is 2.41. The minimum absolute atomic E-state index is 0.184. The predicted octanol–water partition coefficient (Wildman–Crippen LogP) is 15.1. The highest BCUT2D eigenvalue weighted by Gasteiger charge is 2.46. The van der Waals surface area contributed by atoms with Gasteiger partial charge in [0.25, 0.3) is 0 Å². The maximum absolute atomic E-state index is 4.52. The highest BCUT2D eigenvalue weighted by atomic mass is 15.1. The van der Waals surface area contributed by atoms with Gasteiger partial charge >= 0.3 is 0 Å². The fourth-order valence-electron chi connectivity index (χ4n) is 10.7. The van der Waals surface area contributed by atoms with Crippen LogP contribution >= 0.6 is 0 Å². The van der Waals surface area contributed by atoms with Crippen LogP contribution in [0.1, 0.15) is 54.2 Å². The van der Waals surface area contributed by atoms with E-state index in [2.05, 4.69) is 243 Å². The van der Waals surface area contributed by atoms with Crippen molar-refractivity contribution in [2.24, 2.45) is 0 Å². The number of aromatic nitrogens is 1. The standard InChI is InChI=1S/C59H46N2/c1-5-43(38-54-40(2)47-24-12-16-28-52(47)58(54,3)4)60(44-32-34-45(35-33-44)61-56-30-18-14-26-50(56)51-27-15-19-31-57(51)61)46-36-37-49-48-25-13-17-29-53(48)59(55(49)39-46,41-20-8-6-9-21-41)42-22-10-7-11-23-42/h5-39H,1H2,2-4H3/b43-38+. The molecule has 0 unspecified atom stereocenters. The Morgan fingerprint density at radius 3 is 1.62 bits per heavy atom. The van der Waals surface area contributed by atoms with Crippen LogP contribution in [0.3, 0.4) is 0 Å². The molecular weight excluding hydrogens is 737 g/mol. The zero-order valence-corrected chi connectivity index (χ0v) is 34.8. The molecule has 0 radical (unpaired) electrons. The van der Waals surface area contributed by atoms with E-state index in [-0.39, 0.29) is 5.41 Å². The van der Waals surface area contributed by atoms with Gasteiger partial charge in [0.15, 0.2) is 0 Å². The van der Waals surface area contributed by atoms with Crippen LogP contribution in [0.5, 0.6) is 0 Å². The van der Waals surface area contributed by atoms with Gasteiger partial charge in [-0.05, 0) is 123 Å². The summed E-state index contributed by atoms with van der Waals surface area (Å²) in [5, 5.41) is 2.51. The van der Waals surface area contributed by atoms with Gasteiger partial charge in [-0.3, -0.25) is 0 Å². The zero-order chi connectivity index (χ0) is 41.3. The summed E-state index contributed by atoms with van der Waals surface area (Å²) in [6.07, 6.45) is 4.41. The van der Waals surface area contributed by atoms with Crippen molar-refractivity contribution in [3.8, 4) is 16.8 Å². The Hall–Kier alpha value is -7.42. The van der Waals surface area contributed by atoms with E-state index in [0.29, 0.717) is 0 Å². The van der Waals surface area contributed by atoms with Gasteiger partial charge in [0.2, 0.25) is 0 Å². The van der Waals surface area contributed by atoms with Crippen molar-refractivity contribution in [2.45, 2.75) is 31.6 Å². The fraction of sp³-hybridized carbons (Fsp3) is 0.0847. The third kappa shape index (κ3) is 5.42. The van der Waals surface area contributed by atoms with Crippen molar-refractivity contribution < 1.29 is 0 Å². The van der Waals surface area contributed by atoms with Gasteiger partial charge in [-0.2, -0.15) is 0 Å². The van der Waals surface area contributed by atoms with E-state index in [0.717, 1.165) is 22.8 Å². The van der Waals surface area contributed by atoms with Gasteiger partial charge in [0.1, 0.15) is 0 Å². The first kappa shape index (κ1) is 36.6. The molecule has 2 aliphatic carbocycles. The quantitative estimate of drug-likeness (QED) is 0.139. The minimum Gasteiger partial charge on any atom is -0.311 e. The number of benzene rings is 8. The first-order valence-electron chi connectivity index (χ1n) is 21.3. The van der Waals surface area contributed by atoms with Crippen LogP contribution in [0, 0.1) is 0 Å². The highest BCUT2D eigenvalue weighted by Crippen LogP contribution is 2.57. The van der Waals surface area contributed by atoms with Gasteiger partial charge < -0.3 is 9.47 Å². The van der Waals surface area contributed by atoms with Crippen molar-refractivity contribution in [2.75, 3.05) is 4.90 Å². The molecule has 0 saturated heterocycles. The van der Waals surface area contributed by atoms with Crippen LogP contribution in [0.2, 0.25) is 0 Å². The van der Waals surface area contributed by atoms with Gasteiger partial charge in [-0.15, -0.1) is 0 Å². The second-order valence-electron chi connectivity index (χ2n) is 17.0. The fourth-order valence-corrected chi connectivity index (χ4v) is 10.7. The Balaban J connectivity index is 1.15. The van der Waals surface area contributed by atoms with Crippen LogP contribution in [-0.4, -0.2) is 4.57 Å². The molecule has 0 fully saturated rings. The van der Waals surface area contributed by atoms with E-state index in [4.69, 9.17) is 0 Å². The number of anilines is 2. The lowest BCUT2D eigenvalue weighted by molar-refractivity contribution is 0.653. The monoisotopic (exact) mass is 782 g/mol. The lowest BCUT2D eigenvalue weighted by Gasteiger charge is -2.35. The van der Waals surface area contributed by atoms with Gasteiger partial charge in [0.05, 0.1) is 16.4 Å². The Labute approximate surface area is 358 Å². The number of fused-ring (bicyclic) bond motifs is 7. The molecule has 0 bridgehead atoms. The second-order valence-corrected chi connectivity index (χ2v) is 17.0. The molecule has 9 aromatic rings. The van der Waals surface area contributed by atoms with Crippen LogP contribution in [-0.2, 0) is 10.8 Å². The maximum Gasteiger partial charge on any atom is 0.0714 e. The number of nitrogens with zero attached hydrogens (tertiary/aromatic N) is 2. The van der Waals surface area contributed by atoms with Crippen molar-refractivity contribution in [1.82, 2.24) is 4.57 Å². The van der Waals surface area contributed by atoms with E-state index >= 15 is 0 Å². The Kier molecular flexibility index (Phi) is 8.47. The lowest BCUT2D eigenvalue weighted by atomic mass is 9.67. The number of allylic oxidation sites excluding steroid dienone is 4. The number of hydrogen-bond donors (Lipinski definition) is 0. The number of rotatable bonds is 8. The van der Waals surface area contributed by atoms with E-state index < -0.39 is 5.41 Å². The topological polar surface area (TPSA) is 8.17 Å². The second kappa shape index (κ2) is 14.1. The number of para-hydroxylation sites is 2. The summed E-state index contributed by atoms with van der Waals surface area (Å²) in [6, 6.07) is 73.5. The van der Waals surface area contributed by atoms with E-state index in [1.807, 2.05) is 6.08 Å². The first-order valence-corrected chi connectivity index (χ1v) is 21.3. The average molecular weight is 783 g/mol. The summed E-state index contributed by atoms with van der Waals surface area (Å²) in [5.74, 6) is 0. The third-order valence-electron chi connectivity index (χ3n) is 13.5. The molecule has 11 rings (SSSR count). The molecule has 8 aromatic carbocycles. The molecule has 0 amide bonds. The molecule has 2 nitrogen and oxygen atoms in total. The molecule has 2 aliphatic rings. The predicted molar refractivity (Wildman–Crippen MR) is 257 cm³/mol. The van der Waals surface area contributed by atoms with Gasteiger partial charge in [0, 0.05) is 38.9 Å².